The number of carbonyl (C=O) groups excluding carboxylic acids is 2. The third-order valence-electron chi connectivity index (χ3n) is 2.14. The Morgan fingerprint density at radius 3 is 2.82 bits per heavy atom. The van der Waals surface area contributed by atoms with Crippen LogP contribution in [0.3, 0.4) is 0 Å². The van der Waals surface area contributed by atoms with Gasteiger partial charge in [0.25, 0.3) is 5.91 Å². The zero-order chi connectivity index (χ0) is 12.8. The van der Waals surface area contributed by atoms with E-state index in [2.05, 4.69) is 5.32 Å². The van der Waals surface area contributed by atoms with Crippen LogP contribution in [0.5, 0.6) is 0 Å². The zero-order valence-corrected chi connectivity index (χ0v) is 10.7. The topological polar surface area (TPSA) is 69.6 Å². The molecule has 94 valence electrons. The Labute approximate surface area is 104 Å². The number of rotatable bonds is 5. The smallest absolute Gasteiger partial charge is 0.264 e. The summed E-state index contributed by atoms with van der Waals surface area (Å²) in [7, 11) is 1.57. The van der Waals surface area contributed by atoms with Crippen LogP contribution in [0.25, 0.3) is 0 Å². The number of likely N-dealkylation sites (N-methyl/N-ethyl adjacent to an activating group) is 1. The first-order valence-corrected chi connectivity index (χ1v) is 6.11. The number of amides is 2. The molecule has 0 spiro atoms. The van der Waals surface area contributed by atoms with Crippen molar-refractivity contribution in [1.82, 2.24) is 10.2 Å². The normalized spacial score (nSPS) is 11.9. The van der Waals surface area contributed by atoms with E-state index in [1.54, 1.807) is 26.1 Å². The monoisotopic (exact) mass is 256 g/mol. The first-order chi connectivity index (χ1) is 8.04. The molecule has 17 heavy (non-hydrogen) atoms. The predicted molar refractivity (Wildman–Crippen MR) is 66.0 cm³/mol. The van der Waals surface area contributed by atoms with Crippen molar-refractivity contribution in [2.24, 2.45) is 0 Å². The summed E-state index contributed by atoms with van der Waals surface area (Å²) in [6.07, 6.45) is 0. The molecule has 1 aromatic rings. The molecule has 1 rings (SSSR count). The highest BCUT2D eigenvalue weighted by Gasteiger charge is 2.16. The van der Waals surface area contributed by atoms with Gasteiger partial charge in [-0.05, 0) is 18.4 Å². The van der Waals surface area contributed by atoms with E-state index in [4.69, 9.17) is 5.11 Å². The summed E-state index contributed by atoms with van der Waals surface area (Å²) in [4.78, 5) is 25.2. The van der Waals surface area contributed by atoms with Gasteiger partial charge in [-0.2, -0.15) is 0 Å². The quantitative estimate of drug-likeness (QED) is 0.797. The molecule has 0 aromatic carbocycles. The number of aliphatic hydroxyl groups is 1. The highest BCUT2D eigenvalue weighted by atomic mass is 32.1. The van der Waals surface area contributed by atoms with Gasteiger partial charge in [0, 0.05) is 13.1 Å². The van der Waals surface area contributed by atoms with Crippen LogP contribution in [0.2, 0.25) is 0 Å². The molecule has 0 aliphatic carbocycles. The minimum absolute atomic E-state index is 0.0128. The second kappa shape index (κ2) is 6.36. The Kier molecular flexibility index (Phi) is 5.11. The van der Waals surface area contributed by atoms with Gasteiger partial charge in [-0.25, -0.2) is 0 Å². The predicted octanol–water partition coefficient (Wildman–Crippen LogP) is 0.317. The summed E-state index contributed by atoms with van der Waals surface area (Å²) in [5, 5.41) is 13.2. The molecule has 1 atom stereocenters. The Hall–Kier alpha value is -1.40. The molecular weight excluding hydrogens is 240 g/mol. The summed E-state index contributed by atoms with van der Waals surface area (Å²) < 4.78 is 0. The molecule has 2 N–H and O–H groups in total. The van der Waals surface area contributed by atoms with E-state index in [1.807, 2.05) is 5.38 Å². The summed E-state index contributed by atoms with van der Waals surface area (Å²) in [6.45, 7) is 1.56. The molecule has 2 amide bonds. The standard InChI is InChI=1S/C11H16N2O3S/c1-8(7-14)12-10(15)6-13(2)11(16)9-4-3-5-17-9/h3-5,8,14H,6-7H2,1-2H3,(H,12,15)/t8-/m1/s1. The average Bonchev–Trinajstić information content (AvgIpc) is 2.80. The van der Waals surface area contributed by atoms with E-state index in [1.165, 1.54) is 16.2 Å². The number of hydrogen-bond acceptors (Lipinski definition) is 4. The third-order valence-corrected chi connectivity index (χ3v) is 3.00. The second-order valence-corrected chi connectivity index (χ2v) is 4.74. The SMILES string of the molecule is C[C@H](CO)NC(=O)CN(C)C(=O)c1cccs1. The molecule has 1 heterocycles. The van der Waals surface area contributed by atoms with E-state index in [0.29, 0.717) is 4.88 Å². The van der Waals surface area contributed by atoms with E-state index < -0.39 is 0 Å². The summed E-state index contributed by atoms with van der Waals surface area (Å²) in [5.41, 5.74) is 0. The number of nitrogens with zero attached hydrogens (tertiary/aromatic N) is 1. The van der Waals surface area contributed by atoms with Crippen molar-refractivity contribution >= 4 is 23.2 Å². The van der Waals surface area contributed by atoms with Crippen molar-refractivity contribution in [1.29, 1.82) is 0 Å². The van der Waals surface area contributed by atoms with E-state index in [-0.39, 0.29) is 31.0 Å². The fourth-order valence-corrected chi connectivity index (χ4v) is 1.96. The van der Waals surface area contributed by atoms with E-state index in [0.717, 1.165) is 0 Å². The van der Waals surface area contributed by atoms with Crippen LogP contribution >= 0.6 is 11.3 Å². The van der Waals surface area contributed by atoms with Gasteiger partial charge in [-0.3, -0.25) is 9.59 Å². The van der Waals surface area contributed by atoms with Gasteiger partial charge in [0.1, 0.15) is 0 Å². The molecule has 0 aliphatic rings. The largest absolute Gasteiger partial charge is 0.394 e. The van der Waals surface area contributed by atoms with Crippen molar-refractivity contribution < 1.29 is 14.7 Å². The molecule has 0 fully saturated rings. The highest BCUT2D eigenvalue weighted by molar-refractivity contribution is 7.12. The third kappa shape index (κ3) is 4.16. The molecule has 0 saturated carbocycles. The Balaban J connectivity index is 2.46. The van der Waals surface area contributed by atoms with Crippen LogP contribution in [0.1, 0.15) is 16.6 Å². The van der Waals surface area contributed by atoms with Gasteiger partial charge in [-0.15, -0.1) is 11.3 Å². The lowest BCUT2D eigenvalue weighted by Gasteiger charge is -2.17. The summed E-state index contributed by atoms with van der Waals surface area (Å²) in [6, 6.07) is 3.21. The van der Waals surface area contributed by atoms with Crippen molar-refractivity contribution in [2.75, 3.05) is 20.2 Å². The highest BCUT2D eigenvalue weighted by Crippen LogP contribution is 2.10. The molecule has 0 unspecified atom stereocenters. The number of carbonyl (C=O) groups is 2. The van der Waals surface area contributed by atoms with Crippen LogP contribution in [0, 0.1) is 0 Å². The van der Waals surface area contributed by atoms with Crippen LogP contribution in [0.4, 0.5) is 0 Å². The van der Waals surface area contributed by atoms with Gasteiger partial charge in [0.05, 0.1) is 18.0 Å². The van der Waals surface area contributed by atoms with Gasteiger partial charge in [0.15, 0.2) is 0 Å². The van der Waals surface area contributed by atoms with Crippen LogP contribution in [0.15, 0.2) is 17.5 Å². The lowest BCUT2D eigenvalue weighted by molar-refractivity contribution is -0.122. The minimum Gasteiger partial charge on any atom is -0.394 e. The van der Waals surface area contributed by atoms with Gasteiger partial charge in [-0.1, -0.05) is 6.07 Å². The zero-order valence-electron chi connectivity index (χ0n) is 9.84. The number of hydrogen-bond donors (Lipinski definition) is 2. The average molecular weight is 256 g/mol. The maximum Gasteiger partial charge on any atom is 0.264 e. The molecule has 6 heteroatoms. The lowest BCUT2D eigenvalue weighted by Crippen LogP contribution is -2.42. The van der Waals surface area contributed by atoms with E-state index >= 15 is 0 Å². The molecular formula is C11H16N2O3S. The lowest BCUT2D eigenvalue weighted by atomic mass is 10.3. The molecule has 5 nitrogen and oxygen atoms in total. The summed E-state index contributed by atoms with van der Waals surface area (Å²) in [5.74, 6) is -0.453. The van der Waals surface area contributed by atoms with Gasteiger partial charge in [0.2, 0.25) is 5.91 Å². The van der Waals surface area contributed by atoms with Gasteiger partial charge < -0.3 is 15.3 Å². The van der Waals surface area contributed by atoms with Crippen LogP contribution < -0.4 is 5.32 Å². The molecule has 0 aliphatic heterocycles. The van der Waals surface area contributed by atoms with E-state index in [9.17, 15) is 9.59 Å². The Bertz CT molecular complexity index is 378. The Morgan fingerprint density at radius 2 is 2.29 bits per heavy atom. The molecule has 1 aromatic heterocycles. The minimum atomic E-state index is -0.298. The molecule has 0 bridgehead atoms. The number of aliphatic hydroxyl groups excluding tert-OH is 1. The fourth-order valence-electron chi connectivity index (χ4n) is 1.24. The van der Waals surface area contributed by atoms with Crippen LogP contribution in [-0.4, -0.2) is 48.1 Å². The molecule has 0 radical (unpaired) electrons. The summed E-state index contributed by atoms with van der Waals surface area (Å²) >= 11 is 1.34. The van der Waals surface area contributed by atoms with Crippen molar-refractivity contribution in [3.63, 3.8) is 0 Å². The van der Waals surface area contributed by atoms with Crippen molar-refractivity contribution in [3.05, 3.63) is 22.4 Å². The second-order valence-electron chi connectivity index (χ2n) is 3.79. The number of thiophene rings is 1. The van der Waals surface area contributed by atoms with Crippen molar-refractivity contribution in [3.8, 4) is 0 Å². The number of nitrogens with one attached hydrogen (secondary N) is 1. The van der Waals surface area contributed by atoms with Gasteiger partial charge >= 0.3 is 0 Å². The maximum atomic E-state index is 11.8. The fraction of sp³-hybridized carbons (Fsp3) is 0.455. The maximum absolute atomic E-state index is 11.8. The Morgan fingerprint density at radius 1 is 1.59 bits per heavy atom. The molecule has 0 saturated heterocycles. The van der Waals surface area contributed by atoms with Crippen molar-refractivity contribution in [2.45, 2.75) is 13.0 Å². The first kappa shape index (κ1) is 13.7. The first-order valence-electron chi connectivity index (χ1n) is 5.23. The van der Waals surface area contributed by atoms with Crippen LogP contribution in [-0.2, 0) is 4.79 Å².